The summed E-state index contributed by atoms with van der Waals surface area (Å²) >= 11 is 0. The fraction of sp³-hybridized carbons (Fsp3) is 0.944. The van der Waals surface area contributed by atoms with Crippen LogP contribution in [0.5, 0.6) is 0 Å². The summed E-state index contributed by atoms with van der Waals surface area (Å²) in [7, 11) is 0. The van der Waals surface area contributed by atoms with Crippen molar-refractivity contribution < 1.29 is 4.79 Å². The molecule has 1 saturated heterocycles. The third-order valence-electron chi connectivity index (χ3n) is 5.68. The van der Waals surface area contributed by atoms with E-state index in [4.69, 9.17) is 5.73 Å². The average Bonchev–Trinajstić information content (AvgIpc) is 2.79. The zero-order valence-electron chi connectivity index (χ0n) is 14.6. The number of hydrogen-bond donors (Lipinski definition) is 1. The van der Waals surface area contributed by atoms with E-state index >= 15 is 0 Å². The van der Waals surface area contributed by atoms with E-state index in [1.165, 1.54) is 38.6 Å². The van der Waals surface area contributed by atoms with Crippen molar-refractivity contribution in [1.29, 1.82) is 0 Å². The van der Waals surface area contributed by atoms with Crippen LogP contribution >= 0.6 is 0 Å². The minimum Gasteiger partial charge on any atom is -0.340 e. The van der Waals surface area contributed by atoms with Crippen molar-refractivity contribution in [1.82, 2.24) is 9.80 Å². The van der Waals surface area contributed by atoms with Gasteiger partial charge in [0, 0.05) is 26.2 Å². The Morgan fingerprint density at radius 3 is 2.50 bits per heavy atom. The zero-order valence-corrected chi connectivity index (χ0v) is 14.6. The average molecular weight is 309 g/mol. The van der Waals surface area contributed by atoms with Crippen molar-refractivity contribution in [2.75, 3.05) is 32.7 Å². The zero-order chi connectivity index (χ0) is 15.9. The maximum absolute atomic E-state index is 12.5. The lowest BCUT2D eigenvalue weighted by Gasteiger charge is -2.29. The van der Waals surface area contributed by atoms with Crippen LogP contribution in [-0.4, -0.2) is 54.5 Å². The predicted octanol–water partition coefficient (Wildman–Crippen LogP) is 2.47. The van der Waals surface area contributed by atoms with Crippen molar-refractivity contribution in [3.8, 4) is 0 Å². The minimum absolute atomic E-state index is 0.161. The van der Waals surface area contributed by atoms with E-state index in [2.05, 4.69) is 18.7 Å². The molecule has 1 aliphatic carbocycles. The fourth-order valence-corrected chi connectivity index (χ4v) is 3.82. The van der Waals surface area contributed by atoms with E-state index < -0.39 is 0 Å². The third kappa shape index (κ3) is 4.95. The summed E-state index contributed by atoms with van der Waals surface area (Å²) in [5.74, 6) is 1.32. The van der Waals surface area contributed by atoms with Gasteiger partial charge in [-0.1, -0.05) is 39.5 Å². The number of carbonyl (C=O) groups excluding carboxylic acids is 1. The van der Waals surface area contributed by atoms with Crippen LogP contribution in [-0.2, 0) is 4.79 Å². The van der Waals surface area contributed by atoms with E-state index in [1.807, 2.05) is 4.90 Å². The molecule has 2 N–H and O–H groups in total. The molecule has 0 bridgehead atoms. The van der Waals surface area contributed by atoms with Gasteiger partial charge in [-0.3, -0.25) is 4.79 Å². The molecule has 128 valence electrons. The molecule has 1 aliphatic heterocycles. The largest absolute Gasteiger partial charge is 0.340 e. The number of rotatable bonds is 5. The molecule has 0 aromatic carbocycles. The van der Waals surface area contributed by atoms with Crippen LogP contribution < -0.4 is 5.73 Å². The molecule has 2 fully saturated rings. The second-order valence-corrected chi connectivity index (χ2v) is 7.39. The Balaban J connectivity index is 1.80. The number of carbonyl (C=O) groups is 1. The highest BCUT2D eigenvalue weighted by molar-refractivity contribution is 5.82. The lowest BCUT2D eigenvalue weighted by molar-refractivity contribution is -0.133. The molecule has 4 heteroatoms. The van der Waals surface area contributed by atoms with Gasteiger partial charge in [0.2, 0.25) is 5.91 Å². The normalized spacial score (nSPS) is 24.8. The van der Waals surface area contributed by atoms with Crippen LogP contribution in [0.3, 0.4) is 0 Å². The van der Waals surface area contributed by atoms with Gasteiger partial charge in [-0.25, -0.2) is 0 Å². The SMILES string of the molecule is CCC(C)C(N)C(=O)N1CCCN(CC2CCCCC2)CC1. The Morgan fingerprint density at radius 1 is 1.09 bits per heavy atom. The van der Waals surface area contributed by atoms with Gasteiger partial charge in [0.15, 0.2) is 0 Å². The Bertz CT molecular complexity index is 341. The molecule has 0 spiro atoms. The molecule has 22 heavy (non-hydrogen) atoms. The molecular weight excluding hydrogens is 274 g/mol. The third-order valence-corrected chi connectivity index (χ3v) is 5.68. The first kappa shape index (κ1) is 17.7. The monoisotopic (exact) mass is 309 g/mol. The molecule has 1 amide bonds. The molecule has 0 aromatic rings. The standard InChI is InChI=1S/C18H35N3O/c1-3-15(2)17(19)18(22)21-11-7-10-20(12-13-21)14-16-8-5-4-6-9-16/h15-17H,3-14,19H2,1-2H3. The van der Waals surface area contributed by atoms with Crippen molar-refractivity contribution >= 4 is 5.91 Å². The van der Waals surface area contributed by atoms with Crippen molar-refractivity contribution in [2.24, 2.45) is 17.6 Å². The van der Waals surface area contributed by atoms with E-state index in [0.717, 1.165) is 44.9 Å². The Kier molecular flexibility index (Phi) is 7.16. The summed E-state index contributed by atoms with van der Waals surface area (Å²) in [4.78, 5) is 17.1. The van der Waals surface area contributed by atoms with Gasteiger partial charge in [-0.05, 0) is 37.6 Å². The van der Waals surface area contributed by atoms with Gasteiger partial charge >= 0.3 is 0 Å². The number of amides is 1. The van der Waals surface area contributed by atoms with Crippen LogP contribution in [0.2, 0.25) is 0 Å². The second kappa shape index (κ2) is 8.88. The van der Waals surface area contributed by atoms with Crippen LogP contribution in [0.1, 0.15) is 58.8 Å². The summed E-state index contributed by atoms with van der Waals surface area (Å²) in [5.41, 5.74) is 6.13. The highest BCUT2D eigenvalue weighted by Gasteiger charge is 2.27. The molecule has 2 rings (SSSR count). The first-order valence-electron chi connectivity index (χ1n) is 9.38. The highest BCUT2D eigenvalue weighted by atomic mass is 16.2. The van der Waals surface area contributed by atoms with Crippen LogP contribution in [0.15, 0.2) is 0 Å². The molecule has 1 saturated carbocycles. The Hall–Kier alpha value is -0.610. The van der Waals surface area contributed by atoms with Crippen molar-refractivity contribution in [3.63, 3.8) is 0 Å². The van der Waals surface area contributed by atoms with Gasteiger partial charge in [-0.15, -0.1) is 0 Å². The number of hydrogen-bond acceptors (Lipinski definition) is 3. The summed E-state index contributed by atoms with van der Waals surface area (Å²) in [5, 5.41) is 0. The van der Waals surface area contributed by atoms with Crippen molar-refractivity contribution in [3.05, 3.63) is 0 Å². The van der Waals surface area contributed by atoms with Crippen LogP contribution in [0, 0.1) is 11.8 Å². The van der Waals surface area contributed by atoms with Crippen molar-refractivity contribution in [2.45, 2.75) is 64.8 Å². The summed E-state index contributed by atoms with van der Waals surface area (Å²) in [6.07, 6.45) is 9.10. The molecule has 1 heterocycles. The first-order valence-corrected chi connectivity index (χ1v) is 9.38. The van der Waals surface area contributed by atoms with Crippen LogP contribution in [0.25, 0.3) is 0 Å². The lowest BCUT2D eigenvalue weighted by Crippen LogP contribution is -2.48. The van der Waals surface area contributed by atoms with E-state index in [9.17, 15) is 4.79 Å². The maximum atomic E-state index is 12.5. The molecular formula is C18H35N3O. The maximum Gasteiger partial charge on any atom is 0.239 e. The Morgan fingerprint density at radius 2 is 1.82 bits per heavy atom. The van der Waals surface area contributed by atoms with E-state index in [-0.39, 0.29) is 17.9 Å². The minimum atomic E-state index is -0.324. The van der Waals surface area contributed by atoms with Gasteiger partial charge in [0.25, 0.3) is 0 Å². The van der Waals surface area contributed by atoms with Crippen LogP contribution in [0.4, 0.5) is 0 Å². The Labute approximate surface area is 136 Å². The topological polar surface area (TPSA) is 49.6 Å². The molecule has 0 radical (unpaired) electrons. The first-order chi connectivity index (χ1) is 10.6. The lowest BCUT2D eigenvalue weighted by atomic mass is 9.89. The molecule has 4 nitrogen and oxygen atoms in total. The molecule has 0 aromatic heterocycles. The predicted molar refractivity (Wildman–Crippen MR) is 91.6 cm³/mol. The molecule has 2 unspecified atom stereocenters. The molecule has 2 aliphatic rings. The van der Waals surface area contributed by atoms with Gasteiger partial charge in [0.05, 0.1) is 6.04 Å². The summed E-state index contributed by atoms with van der Waals surface area (Å²) in [6.45, 7) is 9.31. The van der Waals surface area contributed by atoms with Gasteiger partial charge < -0.3 is 15.5 Å². The highest BCUT2D eigenvalue weighted by Crippen LogP contribution is 2.24. The smallest absolute Gasteiger partial charge is 0.239 e. The molecule has 2 atom stereocenters. The quantitative estimate of drug-likeness (QED) is 0.849. The van der Waals surface area contributed by atoms with Gasteiger partial charge in [0.1, 0.15) is 0 Å². The van der Waals surface area contributed by atoms with Gasteiger partial charge in [-0.2, -0.15) is 0 Å². The number of nitrogens with two attached hydrogens (primary N) is 1. The number of nitrogens with zero attached hydrogens (tertiary/aromatic N) is 2. The summed E-state index contributed by atoms with van der Waals surface area (Å²) in [6, 6.07) is -0.324. The fourth-order valence-electron chi connectivity index (χ4n) is 3.82. The van der Waals surface area contributed by atoms with E-state index in [0.29, 0.717) is 0 Å². The van der Waals surface area contributed by atoms with E-state index in [1.54, 1.807) is 0 Å². The second-order valence-electron chi connectivity index (χ2n) is 7.39. The summed E-state index contributed by atoms with van der Waals surface area (Å²) < 4.78 is 0.